The molecule has 0 aliphatic carbocycles. The summed E-state index contributed by atoms with van der Waals surface area (Å²) in [5.41, 5.74) is 0.947. The van der Waals surface area contributed by atoms with Crippen LogP contribution in [0.1, 0.15) is 35.7 Å². The molecule has 1 amide bonds. The number of aromatic hydroxyl groups is 1. The van der Waals surface area contributed by atoms with E-state index in [0.29, 0.717) is 12.4 Å². The van der Waals surface area contributed by atoms with E-state index in [0.717, 1.165) is 16.7 Å². The van der Waals surface area contributed by atoms with Gasteiger partial charge >= 0.3 is 0 Å². The molecular weight excluding hydrogens is 386 g/mol. The smallest absolute Gasteiger partial charge is 0.296 e. The molecule has 2 N–H and O–H groups in total. The zero-order chi connectivity index (χ0) is 21.5. The lowest BCUT2D eigenvalue weighted by Gasteiger charge is -2.32. The Morgan fingerprint density at radius 2 is 2.10 bits per heavy atom. The molecule has 0 spiro atoms. The molecule has 9 nitrogen and oxygen atoms in total. The van der Waals surface area contributed by atoms with Gasteiger partial charge in [-0.1, -0.05) is 24.3 Å². The lowest BCUT2D eigenvalue weighted by atomic mass is 10.0. The van der Waals surface area contributed by atoms with Gasteiger partial charge in [0.15, 0.2) is 5.69 Å². The molecule has 0 fully saturated rings. The number of benzene rings is 1. The molecule has 0 saturated heterocycles. The minimum Gasteiger partial charge on any atom is -0.501 e. The molecule has 1 aromatic carbocycles. The van der Waals surface area contributed by atoms with Crippen LogP contribution in [0.15, 0.2) is 41.5 Å². The Hall–Kier alpha value is -3.46. The van der Waals surface area contributed by atoms with Crippen LogP contribution < -0.4 is 10.9 Å². The minimum absolute atomic E-state index is 0.198. The average molecular weight is 409 g/mol. The summed E-state index contributed by atoms with van der Waals surface area (Å²) in [7, 11) is 1.84. The molecule has 0 bridgehead atoms. The average Bonchev–Trinajstić information content (AvgIpc) is 3.15. The van der Waals surface area contributed by atoms with Gasteiger partial charge in [-0.2, -0.15) is 5.10 Å². The van der Waals surface area contributed by atoms with Gasteiger partial charge in [0.25, 0.3) is 11.5 Å². The van der Waals surface area contributed by atoms with Crippen molar-refractivity contribution in [2.75, 3.05) is 6.61 Å². The molecule has 1 aliphatic rings. The van der Waals surface area contributed by atoms with Crippen molar-refractivity contribution in [2.45, 2.75) is 32.5 Å². The van der Waals surface area contributed by atoms with E-state index < -0.39 is 22.8 Å². The van der Waals surface area contributed by atoms with E-state index in [1.807, 2.05) is 37.5 Å². The van der Waals surface area contributed by atoms with Gasteiger partial charge < -0.3 is 15.2 Å². The maximum absolute atomic E-state index is 12.8. The van der Waals surface area contributed by atoms with Crippen molar-refractivity contribution in [2.24, 2.45) is 7.05 Å². The predicted octanol–water partition coefficient (Wildman–Crippen LogP) is 1.54. The molecule has 0 atom stereocenters. The van der Waals surface area contributed by atoms with Crippen molar-refractivity contribution in [1.29, 1.82) is 0 Å². The Balaban J connectivity index is 1.62. The fourth-order valence-corrected chi connectivity index (χ4v) is 3.60. The number of amides is 1. The maximum Gasteiger partial charge on any atom is 0.296 e. The van der Waals surface area contributed by atoms with Gasteiger partial charge in [-0.25, -0.2) is 4.98 Å². The quantitative estimate of drug-likeness (QED) is 0.676. The highest BCUT2D eigenvalue weighted by molar-refractivity contribution is 5.94. The first-order valence-electron chi connectivity index (χ1n) is 9.61. The molecule has 30 heavy (non-hydrogen) atoms. The molecule has 2 aromatic heterocycles. The first-order chi connectivity index (χ1) is 14.3. The Bertz CT molecular complexity index is 1180. The van der Waals surface area contributed by atoms with Gasteiger partial charge in [0.05, 0.1) is 19.3 Å². The summed E-state index contributed by atoms with van der Waals surface area (Å²) in [5, 5.41) is 17.3. The highest BCUT2D eigenvalue weighted by atomic mass is 16.5. The molecule has 9 heteroatoms. The third-order valence-corrected chi connectivity index (χ3v) is 5.15. The molecule has 156 valence electrons. The Morgan fingerprint density at radius 1 is 1.33 bits per heavy atom. The van der Waals surface area contributed by atoms with Crippen molar-refractivity contribution in [3.8, 4) is 16.9 Å². The monoisotopic (exact) mass is 409 g/mol. The Labute approximate surface area is 172 Å². The standard InChI is InChI=1S/C21H23N5O4/c1-21(2)20-24-16(17(27)19(29)26(20)8-9-30-21)18(28)22-10-13-6-4-5-7-15(13)14-11-23-25(3)12-14/h4-7,11-12,27H,8-10H2,1-3H3,(H,22,28). The number of carbonyl (C=O) groups excluding carboxylic acids is 1. The fraction of sp³-hybridized carbons (Fsp3) is 0.333. The van der Waals surface area contributed by atoms with E-state index in [9.17, 15) is 14.7 Å². The topological polar surface area (TPSA) is 111 Å². The van der Waals surface area contributed by atoms with Crippen LogP contribution in [0.2, 0.25) is 0 Å². The Kier molecular flexibility index (Phi) is 4.90. The summed E-state index contributed by atoms with van der Waals surface area (Å²) in [5.74, 6) is -0.970. The maximum atomic E-state index is 12.8. The lowest BCUT2D eigenvalue weighted by molar-refractivity contribution is -0.0566. The molecule has 1 aliphatic heterocycles. The number of rotatable bonds is 4. The molecule has 4 rings (SSSR count). The number of fused-ring (bicyclic) bond motifs is 1. The van der Waals surface area contributed by atoms with Crippen LogP contribution >= 0.6 is 0 Å². The van der Waals surface area contributed by atoms with Gasteiger partial charge in [0.2, 0.25) is 5.75 Å². The number of aromatic nitrogens is 4. The zero-order valence-corrected chi connectivity index (χ0v) is 17.0. The van der Waals surface area contributed by atoms with Gasteiger partial charge in [0.1, 0.15) is 11.4 Å². The summed E-state index contributed by atoms with van der Waals surface area (Å²) in [6, 6.07) is 7.63. The largest absolute Gasteiger partial charge is 0.501 e. The van der Waals surface area contributed by atoms with E-state index in [1.54, 1.807) is 24.7 Å². The van der Waals surface area contributed by atoms with Crippen LogP contribution in [0, 0.1) is 0 Å². The molecular formula is C21H23N5O4. The van der Waals surface area contributed by atoms with E-state index in [-0.39, 0.29) is 18.8 Å². The van der Waals surface area contributed by atoms with Crippen LogP contribution in [0.5, 0.6) is 5.75 Å². The van der Waals surface area contributed by atoms with Crippen molar-refractivity contribution < 1.29 is 14.6 Å². The number of nitrogens with zero attached hydrogens (tertiary/aromatic N) is 4. The van der Waals surface area contributed by atoms with Crippen LogP contribution in [0.4, 0.5) is 0 Å². The summed E-state index contributed by atoms with van der Waals surface area (Å²) < 4.78 is 8.73. The third-order valence-electron chi connectivity index (χ3n) is 5.15. The van der Waals surface area contributed by atoms with E-state index >= 15 is 0 Å². The predicted molar refractivity (Wildman–Crippen MR) is 109 cm³/mol. The molecule has 3 aromatic rings. The number of hydrogen-bond acceptors (Lipinski definition) is 6. The van der Waals surface area contributed by atoms with Crippen molar-refractivity contribution >= 4 is 5.91 Å². The van der Waals surface area contributed by atoms with E-state index in [2.05, 4.69) is 15.4 Å². The van der Waals surface area contributed by atoms with E-state index in [4.69, 9.17) is 4.74 Å². The number of carbonyl (C=O) groups is 1. The normalized spacial score (nSPS) is 14.9. The molecule has 0 saturated carbocycles. The van der Waals surface area contributed by atoms with Gasteiger partial charge in [0, 0.05) is 25.4 Å². The van der Waals surface area contributed by atoms with Crippen LogP contribution in [0.25, 0.3) is 11.1 Å². The third kappa shape index (κ3) is 3.48. The first-order valence-corrected chi connectivity index (χ1v) is 9.61. The van der Waals surface area contributed by atoms with Gasteiger partial charge in [-0.05, 0) is 25.0 Å². The van der Waals surface area contributed by atoms with Crippen molar-refractivity contribution in [3.05, 3.63) is 64.1 Å². The summed E-state index contributed by atoms with van der Waals surface area (Å²) in [6.45, 7) is 4.35. The van der Waals surface area contributed by atoms with E-state index in [1.165, 1.54) is 4.57 Å². The second kappa shape index (κ2) is 7.42. The summed E-state index contributed by atoms with van der Waals surface area (Å²) >= 11 is 0. The number of aryl methyl sites for hydroxylation is 1. The second-order valence-electron chi connectivity index (χ2n) is 7.69. The molecule has 3 heterocycles. The SMILES string of the molecule is Cn1cc(-c2ccccc2CNC(=O)c2nc3n(c(=O)c2O)CCOC3(C)C)cn1. The van der Waals surface area contributed by atoms with Crippen molar-refractivity contribution in [3.63, 3.8) is 0 Å². The lowest BCUT2D eigenvalue weighted by Crippen LogP contribution is -2.42. The van der Waals surface area contributed by atoms with Crippen LogP contribution in [-0.2, 0) is 30.5 Å². The number of hydrogen-bond donors (Lipinski definition) is 2. The highest BCUT2D eigenvalue weighted by Gasteiger charge is 2.34. The summed E-state index contributed by atoms with van der Waals surface area (Å²) in [6.07, 6.45) is 3.64. The number of ether oxygens (including phenoxy) is 1. The fourth-order valence-electron chi connectivity index (χ4n) is 3.60. The molecule has 0 unspecified atom stereocenters. The minimum atomic E-state index is -0.840. The highest BCUT2D eigenvalue weighted by Crippen LogP contribution is 2.27. The van der Waals surface area contributed by atoms with Crippen LogP contribution in [-0.4, -0.2) is 37.0 Å². The van der Waals surface area contributed by atoms with Crippen molar-refractivity contribution in [1.82, 2.24) is 24.6 Å². The summed E-state index contributed by atoms with van der Waals surface area (Å²) in [4.78, 5) is 29.7. The molecule has 0 radical (unpaired) electrons. The first kappa shape index (κ1) is 19.8. The Morgan fingerprint density at radius 3 is 2.83 bits per heavy atom. The van der Waals surface area contributed by atoms with Gasteiger partial charge in [-0.3, -0.25) is 18.8 Å². The zero-order valence-electron chi connectivity index (χ0n) is 17.0. The second-order valence-corrected chi connectivity index (χ2v) is 7.69. The number of nitrogens with one attached hydrogen (secondary N) is 1. The van der Waals surface area contributed by atoms with Gasteiger partial charge in [-0.15, -0.1) is 0 Å². The van der Waals surface area contributed by atoms with Crippen LogP contribution in [0.3, 0.4) is 0 Å².